The van der Waals surface area contributed by atoms with Crippen LogP contribution in [0.3, 0.4) is 0 Å². The van der Waals surface area contributed by atoms with Gasteiger partial charge in [0, 0.05) is 17.4 Å². The van der Waals surface area contributed by atoms with Gasteiger partial charge in [-0.15, -0.1) is 0 Å². The maximum Gasteiger partial charge on any atom is 0.407 e. The third kappa shape index (κ3) is 4.02. The summed E-state index contributed by atoms with van der Waals surface area (Å²) in [5.74, 6) is 1.62. The average molecular weight is 618 g/mol. The van der Waals surface area contributed by atoms with Gasteiger partial charge in [0.1, 0.15) is 12.2 Å². The van der Waals surface area contributed by atoms with Gasteiger partial charge >= 0.3 is 6.09 Å². The molecular formula is C36H59NO7. The fourth-order valence-corrected chi connectivity index (χ4v) is 13.3. The lowest BCUT2D eigenvalue weighted by atomic mass is 9.41. The Balaban J connectivity index is 1.14. The van der Waals surface area contributed by atoms with Crippen molar-refractivity contribution in [1.29, 1.82) is 0 Å². The van der Waals surface area contributed by atoms with Crippen LogP contribution in [-0.4, -0.2) is 78.3 Å². The monoisotopic (exact) mass is 617 g/mol. The molecule has 2 unspecified atom stereocenters. The molecule has 0 aromatic rings. The van der Waals surface area contributed by atoms with E-state index in [0.717, 1.165) is 38.5 Å². The Labute approximate surface area is 264 Å². The van der Waals surface area contributed by atoms with Gasteiger partial charge in [-0.3, -0.25) is 0 Å². The molecule has 5 saturated carbocycles. The number of carbonyl (C=O) groups is 1. The summed E-state index contributed by atoms with van der Waals surface area (Å²) in [6.45, 7) is 19.2. The molecule has 3 N–H and O–H groups in total. The SMILES string of the molecule is CCO[C@@H]([C@H]1C[C@@H](C)[C@H]2[C@H](O1)[C@H](O)[C@@]1(C)C3CC[C@H]4C(C)(C)C(OC(=O)NC5COC5)CC[C@@]45C[C@@]35CC[C@]21C)C(C)(C)O. The quantitative estimate of drug-likeness (QED) is 0.363. The summed E-state index contributed by atoms with van der Waals surface area (Å²) in [6.07, 6.45) is 6.84. The number of aliphatic hydroxyl groups excluding tert-OH is 1. The predicted octanol–water partition coefficient (Wildman–Crippen LogP) is 5.47. The minimum atomic E-state index is -1.03. The molecule has 250 valence electrons. The molecule has 2 saturated heterocycles. The summed E-state index contributed by atoms with van der Waals surface area (Å²) in [5, 5.41) is 26.5. The van der Waals surface area contributed by atoms with E-state index < -0.39 is 17.8 Å². The standard InChI is InChI=1S/C36H59NO7/c1-9-42-29(32(5,6)40)22-16-20(2)26-27(43-22)28(38)34(8)24-11-10-23-31(3,4)25(44-30(39)37-21-17-41-18-21)12-13-35(23)19-36(24,35)15-14-33(26,34)7/h20-29,38,40H,9-19H2,1-8H3,(H,37,39)/t20-,22-,23+,24?,25?,26+,27+,28+,29+,33-,34-,35-,36+/m1/s1. The van der Waals surface area contributed by atoms with Crippen molar-refractivity contribution in [1.82, 2.24) is 5.32 Å². The minimum Gasteiger partial charge on any atom is -0.446 e. The first-order chi connectivity index (χ1) is 20.6. The maximum atomic E-state index is 12.8. The molecule has 7 rings (SSSR count). The van der Waals surface area contributed by atoms with Gasteiger partial charge in [-0.2, -0.15) is 0 Å². The van der Waals surface area contributed by atoms with Crippen LogP contribution in [0.4, 0.5) is 4.79 Å². The van der Waals surface area contributed by atoms with E-state index in [9.17, 15) is 15.0 Å². The number of rotatable bonds is 6. The summed E-state index contributed by atoms with van der Waals surface area (Å²) in [6, 6.07) is 0.0728. The number of ether oxygens (including phenoxy) is 4. The van der Waals surface area contributed by atoms with E-state index in [-0.39, 0.29) is 63.4 Å². The van der Waals surface area contributed by atoms with Crippen LogP contribution in [-0.2, 0) is 18.9 Å². The molecule has 2 aliphatic heterocycles. The smallest absolute Gasteiger partial charge is 0.407 e. The van der Waals surface area contributed by atoms with Crippen molar-refractivity contribution in [2.24, 2.45) is 50.7 Å². The molecule has 44 heavy (non-hydrogen) atoms. The maximum absolute atomic E-state index is 12.8. The molecule has 5 aliphatic carbocycles. The summed E-state index contributed by atoms with van der Waals surface area (Å²) in [4.78, 5) is 12.8. The third-order valence-electron chi connectivity index (χ3n) is 15.4. The van der Waals surface area contributed by atoms with Gasteiger partial charge in [0.05, 0.1) is 43.2 Å². The first-order valence-electron chi connectivity index (χ1n) is 17.8. The Morgan fingerprint density at radius 1 is 1.05 bits per heavy atom. The van der Waals surface area contributed by atoms with Crippen LogP contribution < -0.4 is 5.32 Å². The molecular weight excluding hydrogens is 558 g/mol. The zero-order valence-corrected chi connectivity index (χ0v) is 28.5. The first kappa shape index (κ1) is 31.7. The number of hydrogen-bond acceptors (Lipinski definition) is 7. The van der Waals surface area contributed by atoms with Crippen LogP contribution in [0.5, 0.6) is 0 Å². The van der Waals surface area contributed by atoms with E-state index >= 15 is 0 Å². The van der Waals surface area contributed by atoms with E-state index in [0.29, 0.717) is 37.6 Å². The molecule has 8 nitrogen and oxygen atoms in total. The lowest BCUT2D eigenvalue weighted by Gasteiger charge is -2.63. The second-order valence-electron chi connectivity index (χ2n) is 17.9. The van der Waals surface area contributed by atoms with Gasteiger partial charge in [0.2, 0.25) is 0 Å². The highest BCUT2D eigenvalue weighted by Crippen LogP contribution is 2.89. The molecule has 1 amide bonds. The Morgan fingerprint density at radius 3 is 2.36 bits per heavy atom. The molecule has 0 aromatic carbocycles. The average Bonchev–Trinajstić information content (AvgIpc) is 3.55. The molecule has 8 heteroatoms. The Morgan fingerprint density at radius 2 is 1.73 bits per heavy atom. The minimum absolute atomic E-state index is 0.0109. The van der Waals surface area contributed by atoms with Crippen molar-refractivity contribution in [2.45, 2.75) is 149 Å². The number of aliphatic hydroxyl groups is 2. The van der Waals surface area contributed by atoms with Crippen molar-refractivity contribution in [3.8, 4) is 0 Å². The second kappa shape index (κ2) is 10.0. The summed E-state index contributed by atoms with van der Waals surface area (Å²) in [5.41, 5.74) is -0.858. The molecule has 2 heterocycles. The zero-order valence-electron chi connectivity index (χ0n) is 28.5. The Hall–Kier alpha value is -0.930. The molecule has 0 aromatic heterocycles. The highest BCUT2D eigenvalue weighted by atomic mass is 16.6. The van der Waals surface area contributed by atoms with Crippen molar-refractivity contribution >= 4 is 6.09 Å². The van der Waals surface area contributed by atoms with E-state index in [1.807, 2.05) is 20.8 Å². The Kier molecular flexibility index (Phi) is 7.22. The summed E-state index contributed by atoms with van der Waals surface area (Å²) < 4.78 is 24.4. The number of amides is 1. The van der Waals surface area contributed by atoms with Crippen LogP contribution in [0.1, 0.15) is 107 Å². The van der Waals surface area contributed by atoms with Gasteiger partial charge in [-0.1, -0.05) is 34.6 Å². The van der Waals surface area contributed by atoms with Crippen molar-refractivity contribution in [2.75, 3.05) is 19.8 Å². The molecule has 7 aliphatic rings. The topological polar surface area (TPSA) is 106 Å². The molecule has 2 spiro atoms. The fourth-order valence-electron chi connectivity index (χ4n) is 13.3. The van der Waals surface area contributed by atoms with Gasteiger partial charge in [0.15, 0.2) is 0 Å². The van der Waals surface area contributed by atoms with Gasteiger partial charge in [-0.05, 0) is 112 Å². The normalized spacial score (nSPS) is 51.4. The number of hydrogen-bond donors (Lipinski definition) is 3. The molecule has 0 radical (unpaired) electrons. The van der Waals surface area contributed by atoms with Crippen molar-refractivity contribution < 1.29 is 34.0 Å². The second-order valence-corrected chi connectivity index (χ2v) is 17.9. The zero-order chi connectivity index (χ0) is 31.7. The van der Waals surface area contributed by atoms with E-state index in [2.05, 4.69) is 39.9 Å². The fraction of sp³-hybridized carbons (Fsp3) is 0.972. The van der Waals surface area contributed by atoms with Crippen molar-refractivity contribution in [3.05, 3.63) is 0 Å². The number of nitrogens with one attached hydrogen (secondary N) is 1. The highest BCUT2D eigenvalue weighted by molar-refractivity contribution is 5.68. The lowest BCUT2D eigenvalue weighted by Crippen LogP contribution is -2.60. The Bertz CT molecular complexity index is 1150. The number of alkyl carbamates (subject to hydrolysis) is 1. The molecule has 7 fully saturated rings. The van der Waals surface area contributed by atoms with Crippen LogP contribution in [0.15, 0.2) is 0 Å². The third-order valence-corrected chi connectivity index (χ3v) is 15.4. The van der Waals surface area contributed by atoms with Crippen molar-refractivity contribution in [3.63, 3.8) is 0 Å². The van der Waals surface area contributed by atoms with Crippen LogP contribution in [0, 0.1) is 50.7 Å². The van der Waals surface area contributed by atoms with E-state index in [4.69, 9.17) is 18.9 Å². The number of fused-ring (bicyclic) bond motifs is 4. The van der Waals surface area contributed by atoms with E-state index in [1.165, 1.54) is 12.8 Å². The van der Waals surface area contributed by atoms with Crippen LogP contribution in [0.2, 0.25) is 0 Å². The molecule has 0 bridgehead atoms. The van der Waals surface area contributed by atoms with Gasteiger partial charge < -0.3 is 34.5 Å². The van der Waals surface area contributed by atoms with Crippen LogP contribution in [0.25, 0.3) is 0 Å². The number of carbonyl (C=O) groups excluding carboxylic acids is 1. The highest BCUT2D eigenvalue weighted by Gasteiger charge is 2.84. The van der Waals surface area contributed by atoms with E-state index in [1.54, 1.807) is 0 Å². The largest absolute Gasteiger partial charge is 0.446 e. The molecule has 13 atom stereocenters. The first-order valence-corrected chi connectivity index (χ1v) is 17.8. The van der Waals surface area contributed by atoms with Gasteiger partial charge in [0.25, 0.3) is 0 Å². The summed E-state index contributed by atoms with van der Waals surface area (Å²) >= 11 is 0. The predicted molar refractivity (Wildman–Crippen MR) is 166 cm³/mol. The summed E-state index contributed by atoms with van der Waals surface area (Å²) in [7, 11) is 0. The lowest BCUT2D eigenvalue weighted by molar-refractivity contribution is -0.215. The van der Waals surface area contributed by atoms with Crippen LogP contribution >= 0.6 is 0 Å². The van der Waals surface area contributed by atoms with Gasteiger partial charge in [-0.25, -0.2) is 4.79 Å².